The summed E-state index contributed by atoms with van der Waals surface area (Å²) < 4.78 is 30.1. The molecule has 5 nitrogen and oxygen atoms in total. The minimum absolute atomic E-state index is 0.320. The van der Waals surface area contributed by atoms with Gasteiger partial charge in [0.05, 0.1) is 5.69 Å². The first kappa shape index (κ1) is 8.71. The Kier molecular flexibility index (Phi) is 1.88. The van der Waals surface area contributed by atoms with Gasteiger partial charge >= 0.3 is 10.1 Å². The highest BCUT2D eigenvalue weighted by Gasteiger charge is 2.20. The van der Waals surface area contributed by atoms with E-state index in [1.54, 1.807) is 0 Å². The molecular formula is C7H10N2O3S. The highest BCUT2D eigenvalue weighted by molar-refractivity contribution is 7.85. The second-order valence-corrected chi connectivity index (χ2v) is 4.49. The highest BCUT2D eigenvalue weighted by Crippen LogP contribution is 2.19. The van der Waals surface area contributed by atoms with Gasteiger partial charge in [-0.1, -0.05) is 0 Å². The minimum atomic E-state index is -4.16. The standard InChI is InChI=1S/C7H10N2O3S/c10-13(11,12)7-8-5-3-1-2-4-6(5)9-7/h1-4H2,(H,8,9)(H,10,11,12). The average Bonchev–Trinajstić information content (AvgIpc) is 2.45. The van der Waals surface area contributed by atoms with Gasteiger partial charge in [-0.05, 0) is 25.7 Å². The van der Waals surface area contributed by atoms with Crippen LogP contribution in [0.1, 0.15) is 24.2 Å². The van der Waals surface area contributed by atoms with Gasteiger partial charge < -0.3 is 4.98 Å². The summed E-state index contributed by atoms with van der Waals surface area (Å²) in [5.41, 5.74) is 1.62. The van der Waals surface area contributed by atoms with Crippen LogP contribution in [-0.2, 0) is 23.0 Å². The largest absolute Gasteiger partial charge is 0.330 e. The van der Waals surface area contributed by atoms with Crippen LogP contribution in [0.5, 0.6) is 0 Å². The molecule has 1 heterocycles. The van der Waals surface area contributed by atoms with E-state index in [0.29, 0.717) is 0 Å². The smallest absolute Gasteiger partial charge is 0.328 e. The first-order valence-electron chi connectivity index (χ1n) is 4.12. The van der Waals surface area contributed by atoms with Crippen LogP contribution in [0.4, 0.5) is 0 Å². The van der Waals surface area contributed by atoms with Crippen molar-refractivity contribution in [2.24, 2.45) is 0 Å². The third-order valence-corrected chi connectivity index (χ3v) is 2.86. The van der Waals surface area contributed by atoms with Gasteiger partial charge in [0.15, 0.2) is 0 Å². The SMILES string of the molecule is O=S(=O)(O)c1nc2c([nH]1)CCCC2. The summed E-state index contributed by atoms with van der Waals surface area (Å²) >= 11 is 0. The monoisotopic (exact) mass is 202 g/mol. The summed E-state index contributed by atoms with van der Waals surface area (Å²) in [6.07, 6.45) is 3.68. The number of hydrogen-bond acceptors (Lipinski definition) is 3. The number of aromatic amines is 1. The van der Waals surface area contributed by atoms with E-state index in [4.69, 9.17) is 4.55 Å². The highest BCUT2D eigenvalue weighted by atomic mass is 32.2. The van der Waals surface area contributed by atoms with Gasteiger partial charge in [0, 0.05) is 5.69 Å². The van der Waals surface area contributed by atoms with Gasteiger partial charge in [0.1, 0.15) is 0 Å². The zero-order valence-corrected chi connectivity index (χ0v) is 7.76. The van der Waals surface area contributed by atoms with Gasteiger partial charge in [-0.2, -0.15) is 8.42 Å². The number of nitrogens with one attached hydrogen (secondary N) is 1. The number of fused-ring (bicyclic) bond motifs is 1. The maximum Gasteiger partial charge on any atom is 0.328 e. The fourth-order valence-corrected chi connectivity index (χ4v) is 2.03. The molecule has 0 atom stereocenters. The Labute approximate surface area is 75.9 Å². The van der Waals surface area contributed by atoms with Crippen LogP contribution < -0.4 is 0 Å². The Morgan fingerprint density at radius 2 is 2.00 bits per heavy atom. The van der Waals surface area contributed by atoms with Crippen LogP contribution >= 0.6 is 0 Å². The van der Waals surface area contributed by atoms with E-state index < -0.39 is 10.1 Å². The summed E-state index contributed by atoms with van der Waals surface area (Å²) in [5.74, 6) is 0. The van der Waals surface area contributed by atoms with E-state index in [1.165, 1.54) is 0 Å². The molecule has 1 aromatic heterocycles. The van der Waals surface area contributed by atoms with Crippen LogP contribution in [0.25, 0.3) is 0 Å². The number of aryl methyl sites for hydroxylation is 2. The van der Waals surface area contributed by atoms with Gasteiger partial charge in [-0.15, -0.1) is 0 Å². The number of H-pyrrole nitrogens is 1. The third-order valence-electron chi connectivity index (χ3n) is 2.18. The third kappa shape index (κ3) is 1.59. The van der Waals surface area contributed by atoms with Crippen molar-refractivity contribution in [3.63, 3.8) is 0 Å². The quantitative estimate of drug-likeness (QED) is 0.651. The number of rotatable bonds is 1. The number of imidazole rings is 1. The Morgan fingerprint density at radius 1 is 1.31 bits per heavy atom. The Balaban J connectivity index is 2.47. The summed E-state index contributed by atoms with van der Waals surface area (Å²) in [5, 5.41) is -0.320. The Bertz CT molecular complexity index is 397. The molecular weight excluding hydrogens is 192 g/mol. The minimum Gasteiger partial charge on any atom is -0.330 e. The van der Waals surface area contributed by atoms with Gasteiger partial charge in [0.25, 0.3) is 5.16 Å². The second kappa shape index (κ2) is 2.81. The van der Waals surface area contributed by atoms with Crippen molar-refractivity contribution in [2.45, 2.75) is 30.8 Å². The van der Waals surface area contributed by atoms with Crippen molar-refractivity contribution in [3.8, 4) is 0 Å². The molecule has 0 unspecified atom stereocenters. The molecule has 13 heavy (non-hydrogen) atoms. The van der Waals surface area contributed by atoms with Gasteiger partial charge in [-0.3, -0.25) is 4.55 Å². The normalized spacial score (nSPS) is 17.0. The Hall–Kier alpha value is -0.880. The summed E-state index contributed by atoms with van der Waals surface area (Å²) in [6.45, 7) is 0. The van der Waals surface area contributed by atoms with E-state index in [9.17, 15) is 8.42 Å². The van der Waals surface area contributed by atoms with E-state index >= 15 is 0 Å². The zero-order valence-electron chi connectivity index (χ0n) is 6.95. The lowest BCUT2D eigenvalue weighted by molar-refractivity contribution is 0.475. The Morgan fingerprint density at radius 3 is 2.62 bits per heavy atom. The van der Waals surface area contributed by atoms with Crippen LogP contribution in [0, 0.1) is 0 Å². The molecule has 0 aliphatic heterocycles. The molecule has 0 aromatic carbocycles. The molecule has 0 bridgehead atoms. The number of aromatic nitrogens is 2. The molecule has 1 aromatic rings. The number of nitrogens with zero attached hydrogens (tertiary/aromatic N) is 1. The molecule has 1 aliphatic rings. The van der Waals surface area contributed by atoms with Crippen molar-refractivity contribution in [3.05, 3.63) is 11.4 Å². The fourth-order valence-electron chi connectivity index (χ4n) is 1.55. The van der Waals surface area contributed by atoms with Crippen molar-refractivity contribution in [2.75, 3.05) is 0 Å². The van der Waals surface area contributed by atoms with Crippen molar-refractivity contribution in [1.29, 1.82) is 0 Å². The van der Waals surface area contributed by atoms with Crippen LogP contribution in [0.3, 0.4) is 0 Å². The van der Waals surface area contributed by atoms with Gasteiger partial charge in [-0.25, -0.2) is 4.98 Å². The fraction of sp³-hybridized carbons (Fsp3) is 0.571. The van der Waals surface area contributed by atoms with Crippen molar-refractivity contribution in [1.82, 2.24) is 9.97 Å². The molecule has 72 valence electrons. The topological polar surface area (TPSA) is 83.1 Å². The molecule has 0 fully saturated rings. The van der Waals surface area contributed by atoms with Crippen molar-refractivity contribution >= 4 is 10.1 Å². The van der Waals surface area contributed by atoms with Crippen LogP contribution in [0.2, 0.25) is 0 Å². The van der Waals surface area contributed by atoms with E-state index in [1.807, 2.05) is 0 Å². The maximum atomic E-state index is 10.7. The zero-order chi connectivity index (χ0) is 9.47. The summed E-state index contributed by atoms with van der Waals surface area (Å²) in [6, 6.07) is 0. The van der Waals surface area contributed by atoms with Crippen LogP contribution in [-0.4, -0.2) is 22.9 Å². The predicted molar refractivity (Wildman–Crippen MR) is 45.0 cm³/mol. The molecule has 0 spiro atoms. The molecule has 6 heteroatoms. The lowest BCUT2D eigenvalue weighted by atomic mass is 10.0. The molecule has 2 N–H and O–H groups in total. The van der Waals surface area contributed by atoms with Gasteiger partial charge in [0.2, 0.25) is 0 Å². The molecule has 0 saturated heterocycles. The van der Waals surface area contributed by atoms with E-state index in [2.05, 4.69) is 9.97 Å². The maximum absolute atomic E-state index is 10.7. The lowest BCUT2D eigenvalue weighted by Crippen LogP contribution is -2.00. The second-order valence-electron chi connectivity index (χ2n) is 3.15. The molecule has 0 amide bonds. The molecule has 0 radical (unpaired) electrons. The average molecular weight is 202 g/mol. The number of hydrogen-bond donors (Lipinski definition) is 2. The molecule has 1 aliphatic carbocycles. The van der Waals surface area contributed by atoms with E-state index in [-0.39, 0.29) is 5.16 Å². The molecule has 2 rings (SSSR count). The van der Waals surface area contributed by atoms with E-state index in [0.717, 1.165) is 37.1 Å². The first-order chi connectivity index (χ1) is 6.07. The lowest BCUT2D eigenvalue weighted by Gasteiger charge is -2.07. The predicted octanol–water partition coefficient (Wildman–Crippen LogP) is 0.535. The van der Waals surface area contributed by atoms with Crippen molar-refractivity contribution < 1.29 is 13.0 Å². The summed E-state index contributed by atoms with van der Waals surface area (Å²) in [4.78, 5) is 6.45. The van der Waals surface area contributed by atoms with Crippen LogP contribution in [0.15, 0.2) is 5.16 Å². The summed E-state index contributed by atoms with van der Waals surface area (Å²) in [7, 11) is -4.16. The molecule has 0 saturated carbocycles. The first-order valence-corrected chi connectivity index (χ1v) is 5.56.